The summed E-state index contributed by atoms with van der Waals surface area (Å²) in [5, 5.41) is 0. The molecule has 364 valence electrons. The zero-order chi connectivity index (χ0) is 44.8. The van der Waals surface area contributed by atoms with Crippen LogP contribution in [0, 0.1) is 52.3 Å². The molecule has 7 unspecified atom stereocenters. The van der Waals surface area contributed by atoms with Crippen LogP contribution in [0.25, 0.3) is 0 Å². The molecule has 0 heterocycles. The van der Waals surface area contributed by atoms with Crippen molar-refractivity contribution in [3.05, 3.63) is 36.0 Å². The van der Waals surface area contributed by atoms with E-state index in [4.69, 9.17) is 18.9 Å². The second kappa shape index (κ2) is 28.4. The lowest BCUT2D eigenvalue weighted by Gasteiger charge is -2.57. The maximum Gasteiger partial charge on any atom is 0.0812 e. The third-order valence-electron chi connectivity index (χ3n) is 17.9. The van der Waals surface area contributed by atoms with Crippen LogP contribution in [0.15, 0.2) is 36.0 Å². The molecule has 0 aliphatic heterocycles. The predicted molar refractivity (Wildman–Crippen MR) is 269 cm³/mol. The topological polar surface area (TPSA) is 36.9 Å². The summed E-state index contributed by atoms with van der Waals surface area (Å²) in [5.41, 5.74) is 2.63. The van der Waals surface area contributed by atoms with Crippen molar-refractivity contribution in [2.45, 2.75) is 246 Å². The van der Waals surface area contributed by atoms with Crippen LogP contribution < -0.4 is 0 Å². The lowest BCUT2D eigenvalue weighted by molar-refractivity contribution is -0.100. The molecule has 5 rings (SSSR count). The summed E-state index contributed by atoms with van der Waals surface area (Å²) in [6.07, 6.45) is 50.8. The Balaban J connectivity index is 0.930. The monoisotopic (exact) mass is 877 g/mol. The van der Waals surface area contributed by atoms with Crippen molar-refractivity contribution in [2.24, 2.45) is 52.3 Å². The zero-order valence-electron chi connectivity index (χ0n) is 42.9. The molecule has 5 aliphatic rings. The second-order valence-corrected chi connectivity index (χ2v) is 23.3. The van der Waals surface area contributed by atoms with Crippen molar-refractivity contribution in [1.82, 2.24) is 0 Å². The lowest BCUT2D eigenvalue weighted by Crippen LogP contribution is -2.50. The highest BCUT2D eigenvalue weighted by molar-refractivity contribution is 5.26. The van der Waals surface area contributed by atoms with Gasteiger partial charge in [-0.2, -0.15) is 0 Å². The summed E-state index contributed by atoms with van der Waals surface area (Å²) in [4.78, 5) is 0. The molecule has 0 aromatic heterocycles. The molecule has 4 fully saturated rings. The first-order valence-electron chi connectivity index (χ1n) is 28.0. The van der Waals surface area contributed by atoms with Crippen molar-refractivity contribution in [2.75, 3.05) is 39.6 Å². The van der Waals surface area contributed by atoms with Gasteiger partial charge in [0.2, 0.25) is 0 Å². The summed E-state index contributed by atoms with van der Waals surface area (Å²) in [7, 11) is 0. The minimum Gasteiger partial charge on any atom is -0.379 e. The summed E-state index contributed by atoms with van der Waals surface area (Å²) in [6, 6.07) is 0. The minimum absolute atomic E-state index is 0.0700. The van der Waals surface area contributed by atoms with Gasteiger partial charge in [0.25, 0.3) is 0 Å². The lowest BCUT2D eigenvalue weighted by atomic mass is 9.48. The van der Waals surface area contributed by atoms with E-state index in [1.54, 1.807) is 5.57 Å². The van der Waals surface area contributed by atoms with E-state index in [9.17, 15) is 0 Å². The maximum atomic E-state index is 6.71. The quantitative estimate of drug-likeness (QED) is 0.0486. The van der Waals surface area contributed by atoms with E-state index in [1.807, 2.05) is 0 Å². The fourth-order valence-corrected chi connectivity index (χ4v) is 13.8. The Kier molecular flexibility index (Phi) is 23.9. The van der Waals surface area contributed by atoms with Crippen LogP contribution in [0.1, 0.15) is 235 Å². The molecule has 0 amide bonds. The van der Waals surface area contributed by atoms with Gasteiger partial charge in [-0.3, -0.25) is 0 Å². The molecule has 0 spiro atoms. The number of hydrogen-bond acceptors (Lipinski definition) is 4. The van der Waals surface area contributed by atoms with Crippen molar-refractivity contribution in [1.29, 1.82) is 0 Å². The Hall–Kier alpha value is -0.940. The van der Waals surface area contributed by atoms with Crippen LogP contribution in [0.5, 0.6) is 0 Å². The van der Waals surface area contributed by atoms with Gasteiger partial charge in [-0.15, -0.1) is 0 Å². The molecule has 0 saturated heterocycles. The molecule has 0 radical (unpaired) electrons. The number of rotatable bonds is 33. The number of ether oxygens (including phenoxy) is 4. The summed E-state index contributed by atoms with van der Waals surface area (Å²) < 4.78 is 25.6. The highest BCUT2D eigenvalue weighted by Gasteiger charge is 2.57. The zero-order valence-corrected chi connectivity index (χ0v) is 42.9. The van der Waals surface area contributed by atoms with Crippen LogP contribution in [0.2, 0.25) is 0 Å². The van der Waals surface area contributed by atoms with Gasteiger partial charge >= 0.3 is 0 Å². The van der Waals surface area contributed by atoms with Gasteiger partial charge in [0.05, 0.1) is 44.7 Å². The van der Waals surface area contributed by atoms with Crippen LogP contribution in [0.3, 0.4) is 0 Å². The Morgan fingerprint density at radius 2 is 1.40 bits per heavy atom. The van der Waals surface area contributed by atoms with Crippen LogP contribution >= 0.6 is 0 Å². The molecule has 0 aromatic carbocycles. The molecule has 0 N–H and O–H groups in total. The molecular formula is C59H104O4. The Morgan fingerprint density at radius 3 is 2.16 bits per heavy atom. The average molecular weight is 877 g/mol. The SMILES string of the molecule is CCCCC/C=C\C/C=C\CCCCCCCCOCC(CC1CCC(CC)C1)OCCOCCO[C@@]1(C)CC[C@@]2(C)C(=CCC3C4CC[C@](C)(CCCCC(C)C)C4CCC32)C1. The molecule has 4 nitrogen and oxygen atoms in total. The predicted octanol–water partition coefficient (Wildman–Crippen LogP) is 17.0. The fraction of sp³-hybridized carbons (Fsp3) is 0.898. The number of unbranched alkanes of at least 4 members (excludes halogenated alkanes) is 10. The van der Waals surface area contributed by atoms with Gasteiger partial charge < -0.3 is 18.9 Å². The van der Waals surface area contributed by atoms with Crippen LogP contribution in [-0.4, -0.2) is 51.3 Å². The first-order chi connectivity index (χ1) is 30.6. The Bertz CT molecular complexity index is 1320. The van der Waals surface area contributed by atoms with Crippen LogP contribution in [-0.2, 0) is 18.9 Å². The van der Waals surface area contributed by atoms with E-state index in [0.29, 0.717) is 37.3 Å². The molecule has 4 heteroatoms. The summed E-state index contributed by atoms with van der Waals surface area (Å²) in [5.74, 6) is 6.25. The molecule has 0 bridgehead atoms. The minimum atomic E-state index is -0.0700. The molecule has 63 heavy (non-hydrogen) atoms. The van der Waals surface area contributed by atoms with Gasteiger partial charge in [-0.05, 0) is 168 Å². The molecular weight excluding hydrogens is 773 g/mol. The van der Waals surface area contributed by atoms with Gasteiger partial charge in [-0.25, -0.2) is 0 Å². The highest BCUT2D eigenvalue weighted by atomic mass is 16.6. The van der Waals surface area contributed by atoms with Gasteiger partial charge in [-0.1, -0.05) is 155 Å². The van der Waals surface area contributed by atoms with E-state index in [1.165, 1.54) is 161 Å². The standard InChI is InChI=1S/C59H104O4/c1-8-10-11-12-13-14-15-16-17-18-19-20-21-22-23-26-39-61-47-52(45-50-29-28-49(9-2)44-50)62-42-40-60-41-43-63-58(6)37-38-59(7)51(46-58)30-31-53-54-34-36-57(5,35-25-24-27-48(3)4)55(54)32-33-56(53)59/h13-14,16-17,30,48-50,52-56H,8-12,15,18-29,31-47H2,1-7H3/b14-13-,17-16-/t49?,50?,52?,53?,54?,55?,56?,57-,58-,59-/m0/s1. The average Bonchev–Trinajstić information content (AvgIpc) is 3.88. The van der Waals surface area contributed by atoms with E-state index in [-0.39, 0.29) is 11.7 Å². The Morgan fingerprint density at radius 1 is 0.667 bits per heavy atom. The van der Waals surface area contributed by atoms with E-state index in [0.717, 1.165) is 80.3 Å². The van der Waals surface area contributed by atoms with E-state index in [2.05, 4.69) is 78.8 Å². The highest BCUT2D eigenvalue weighted by Crippen LogP contribution is 2.66. The fourth-order valence-electron chi connectivity index (χ4n) is 13.8. The molecule has 5 aliphatic carbocycles. The molecule has 10 atom stereocenters. The van der Waals surface area contributed by atoms with E-state index < -0.39 is 0 Å². The number of hydrogen-bond donors (Lipinski definition) is 0. The third-order valence-corrected chi connectivity index (χ3v) is 17.9. The second-order valence-electron chi connectivity index (χ2n) is 23.3. The summed E-state index contributed by atoms with van der Waals surface area (Å²) >= 11 is 0. The first-order valence-corrected chi connectivity index (χ1v) is 28.0. The largest absolute Gasteiger partial charge is 0.379 e. The van der Waals surface area contributed by atoms with Gasteiger partial charge in [0, 0.05) is 6.61 Å². The van der Waals surface area contributed by atoms with Crippen molar-refractivity contribution in [3.8, 4) is 0 Å². The van der Waals surface area contributed by atoms with Gasteiger partial charge in [0.15, 0.2) is 0 Å². The van der Waals surface area contributed by atoms with Crippen molar-refractivity contribution in [3.63, 3.8) is 0 Å². The van der Waals surface area contributed by atoms with Crippen molar-refractivity contribution < 1.29 is 18.9 Å². The van der Waals surface area contributed by atoms with E-state index >= 15 is 0 Å². The number of fused-ring (bicyclic) bond motifs is 5. The number of allylic oxidation sites excluding steroid dienone is 5. The van der Waals surface area contributed by atoms with Gasteiger partial charge in [0.1, 0.15) is 0 Å². The Labute approximate surface area is 391 Å². The molecule has 0 aromatic rings. The third kappa shape index (κ3) is 17.3. The smallest absolute Gasteiger partial charge is 0.0812 e. The normalized spacial score (nSPS) is 32.4. The summed E-state index contributed by atoms with van der Waals surface area (Å²) in [6.45, 7) is 21.3. The van der Waals surface area contributed by atoms with Crippen LogP contribution in [0.4, 0.5) is 0 Å². The first kappa shape index (κ1) is 53.0. The van der Waals surface area contributed by atoms with Crippen molar-refractivity contribution >= 4 is 0 Å². The maximum absolute atomic E-state index is 6.71. The molecule has 4 saturated carbocycles.